The Morgan fingerprint density at radius 2 is 1.75 bits per heavy atom. The van der Waals surface area contributed by atoms with Crippen molar-refractivity contribution in [3.8, 4) is 22.7 Å². The molecule has 2 atom stereocenters. The second-order valence-corrected chi connectivity index (χ2v) is 10.4. The SMILES string of the molecule is C[C@@H]1CN(c2ncnc3c2c(-c2ccccc2)cn3-c2cc(OC(F)(F)F)ccn2)[C@@H](C)CN1C(=O)C(C)(C)O. The van der Waals surface area contributed by atoms with Gasteiger partial charge in [-0.2, -0.15) is 0 Å². The Kier molecular flexibility index (Phi) is 6.90. The fourth-order valence-corrected chi connectivity index (χ4v) is 5.06. The quantitative estimate of drug-likeness (QED) is 0.386. The van der Waals surface area contributed by atoms with Gasteiger partial charge in [0, 0.05) is 49.2 Å². The lowest BCUT2D eigenvalue weighted by Gasteiger charge is -2.46. The highest BCUT2D eigenvalue weighted by atomic mass is 19.4. The summed E-state index contributed by atoms with van der Waals surface area (Å²) in [6, 6.07) is 11.5. The minimum Gasteiger partial charge on any atom is -0.406 e. The van der Waals surface area contributed by atoms with Crippen LogP contribution in [0.1, 0.15) is 27.7 Å². The summed E-state index contributed by atoms with van der Waals surface area (Å²) < 4.78 is 44.5. The monoisotopic (exact) mass is 554 g/mol. The number of ether oxygens (including phenoxy) is 1. The summed E-state index contributed by atoms with van der Waals surface area (Å²) in [7, 11) is 0. The van der Waals surface area contributed by atoms with Crippen molar-refractivity contribution < 1.29 is 27.8 Å². The van der Waals surface area contributed by atoms with Gasteiger partial charge in [-0.15, -0.1) is 13.2 Å². The molecule has 0 bridgehead atoms. The molecule has 4 heterocycles. The number of benzene rings is 1. The number of rotatable bonds is 5. The Labute approximate surface area is 228 Å². The topological polar surface area (TPSA) is 96.6 Å². The summed E-state index contributed by atoms with van der Waals surface area (Å²) in [4.78, 5) is 30.1. The fraction of sp³-hybridized carbons (Fsp3) is 0.357. The Morgan fingerprint density at radius 3 is 2.42 bits per heavy atom. The number of aliphatic hydroxyl groups is 1. The molecule has 210 valence electrons. The molecule has 40 heavy (non-hydrogen) atoms. The second kappa shape index (κ2) is 10.1. The van der Waals surface area contributed by atoms with Crippen LogP contribution >= 0.6 is 0 Å². The molecule has 1 aliphatic rings. The number of pyridine rings is 1. The van der Waals surface area contributed by atoms with Gasteiger partial charge in [0.25, 0.3) is 5.91 Å². The Morgan fingerprint density at radius 1 is 1.02 bits per heavy atom. The molecule has 0 spiro atoms. The van der Waals surface area contributed by atoms with Gasteiger partial charge < -0.3 is 19.6 Å². The van der Waals surface area contributed by atoms with E-state index in [1.807, 2.05) is 44.2 Å². The van der Waals surface area contributed by atoms with Crippen molar-refractivity contribution in [3.05, 3.63) is 61.2 Å². The third kappa shape index (κ3) is 5.31. The molecule has 12 heteroatoms. The number of carbonyl (C=O) groups is 1. The normalized spacial score (nSPS) is 18.3. The Bertz CT molecular complexity index is 1530. The van der Waals surface area contributed by atoms with E-state index < -0.39 is 17.7 Å². The number of alkyl halides is 3. The van der Waals surface area contributed by atoms with Crippen molar-refractivity contribution in [2.24, 2.45) is 0 Å². The summed E-state index contributed by atoms with van der Waals surface area (Å²) in [5.41, 5.74) is 0.592. The summed E-state index contributed by atoms with van der Waals surface area (Å²) in [6.07, 6.45) is -0.413. The predicted octanol–water partition coefficient (Wildman–Crippen LogP) is 4.58. The average Bonchev–Trinajstić information content (AvgIpc) is 3.29. The Hall–Kier alpha value is -4.19. The van der Waals surface area contributed by atoms with E-state index in [0.717, 1.165) is 17.2 Å². The van der Waals surface area contributed by atoms with E-state index in [2.05, 4.69) is 24.6 Å². The summed E-state index contributed by atoms with van der Waals surface area (Å²) in [5, 5.41) is 11.0. The molecule has 4 aromatic rings. The van der Waals surface area contributed by atoms with Crippen LogP contribution in [0.4, 0.5) is 19.0 Å². The van der Waals surface area contributed by atoms with Crippen LogP contribution in [0.5, 0.6) is 5.75 Å². The summed E-state index contributed by atoms with van der Waals surface area (Å²) in [6.45, 7) is 7.66. The molecule has 9 nitrogen and oxygen atoms in total. The molecule has 0 radical (unpaired) electrons. The average molecular weight is 555 g/mol. The highest BCUT2D eigenvalue weighted by Crippen LogP contribution is 2.38. The van der Waals surface area contributed by atoms with Gasteiger partial charge in [-0.05, 0) is 39.3 Å². The number of nitrogens with zero attached hydrogens (tertiary/aromatic N) is 6. The molecule has 1 saturated heterocycles. The van der Waals surface area contributed by atoms with Gasteiger partial charge in [0.05, 0.1) is 5.39 Å². The van der Waals surface area contributed by atoms with Gasteiger partial charge in [0.2, 0.25) is 0 Å². The maximum Gasteiger partial charge on any atom is 0.573 e. The van der Waals surface area contributed by atoms with Crippen molar-refractivity contribution >= 4 is 22.8 Å². The number of fused-ring (bicyclic) bond motifs is 1. The van der Waals surface area contributed by atoms with Crippen molar-refractivity contribution in [3.63, 3.8) is 0 Å². The molecule has 5 rings (SSSR count). The van der Waals surface area contributed by atoms with Crippen LogP contribution in [0.25, 0.3) is 28.0 Å². The van der Waals surface area contributed by atoms with Crippen LogP contribution in [-0.4, -0.2) is 72.6 Å². The molecular formula is C28H29F3N6O3. The third-order valence-corrected chi connectivity index (χ3v) is 6.89. The largest absolute Gasteiger partial charge is 0.573 e. The summed E-state index contributed by atoms with van der Waals surface area (Å²) >= 11 is 0. The molecule has 1 amide bonds. The zero-order valence-corrected chi connectivity index (χ0v) is 22.4. The smallest absolute Gasteiger partial charge is 0.406 e. The highest BCUT2D eigenvalue weighted by molar-refractivity contribution is 6.02. The first-order valence-electron chi connectivity index (χ1n) is 12.8. The number of anilines is 1. The van der Waals surface area contributed by atoms with Gasteiger partial charge in [0.1, 0.15) is 29.3 Å². The maximum absolute atomic E-state index is 12.9. The molecule has 0 unspecified atom stereocenters. The van der Waals surface area contributed by atoms with Gasteiger partial charge in [-0.3, -0.25) is 9.36 Å². The predicted molar refractivity (Wildman–Crippen MR) is 143 cm³/mol. The number of halogens is 3. The third-order valence-electron chi connectivity index (χ3n) is 6.89. The van der Waals surface area contributed by atoms with Crippen LogP contribution in [0.2, 0.25) is 0 Å². The molecule has 1 N–H and O–H groups in total. The van der Waals surface area contributed by atoms with E-state index in [0.29, 0.717) is 29.9 Å². The van der Waals surface area contributed by atoms with Gasteiger partial charge >= 0.3 is 6.36 Å². The molecule has 0 saturated carbocycles. The van der Waals surface area contributed by atoms with Gasteiger partial charge in [-0.1, -0.05) is 30.3 Å². The van der Waals surface area contributed by atoms with Crippen molar-refractivity contribution in [2.45, 2.75) is 51.7 Å². The van der Waals surface area contributed by atoms with Crippen LogP contribution in [-0.2, 0) is 4.79 Å². The first-order valence-corrected chi connectivity index (χ1v) is 12.8. The number of carbonyl (C=O) groups excluding carboxylic acids is 1. The molecule has 1 aliphatic heterocycles. The summed E-state index contributed by atoms with van der Waals surface area (Å²) in [5.74, 6) is 0.0769. The maximum atomic E-state index is 12.9. The van der Waals surface area contributed by atoms with Crippen LogP contribution < -0.4 is 9.64 Å². The van der Waals surface area contributed by atoms with Crippen LogP contribution in [0, 0.1) is 0 Å². The van der Waals surface area contributed by atoms with E-state index >= 15 is 0 Å². The number of hydrogen-bond donors (Lipinski definition) is 1. The minimum absolute atomic E-state index is 0.158. The first kappa shape index (κ1) is 27.4. The number of aromatic nitrogens is 4. The first-order chi connectivity index (χ1) is 18.8. The molecule has 3 aromatic heterocycles. The fourth-order valence-electron chi connectivity index (χ4n) is 5.06. The molecule has 0 aliphatic carbocycles. The molecular weight excluding hydrogens is 525 g/mol. The zero-order valence-electron chi connectivity index (χ0n) is 22.4. The van der Waals surface area contributed by atoms with Crippen molar-refractivity contribution in [1.82, 2.24) is 24.4 Å². The van der Waals surface area contributed by atoms with Gasteiger partial charge in [-0.25, -0.2) is 15.0 Å². The van der Waals surface area contributed by atoms with Crippen LogP contribution in [0.3, 0.4) is 0 Å². The number of hydrogen-bond acceptors (Lipinski definition) is 7. The minimum atomic E-state index is -4.84. The van der Waals surface area contributed by atoms with Gasteiger partial charge in [0.15, 0.2) is 5.65 Å². The van der Waals surface area contributed by atoms with E-state index in [-0.39, 0.29) is 23.8 Å². The van der Waals surface area contributed by atoms with E-state index in [1.165, 1.54) is 32.4 Å². The lowest BCUT2D eigenvalue weighted by molar-refractivity contribution is -0.274. The zero-order chi connectivity index (χ0) is 28.8. The van der Waals surface area contributed by atoms with E-state index in [1.54, 1.807) is 15.7 Å². The van der Waals surface area contributed by atoms with E-state index in [4.69, 9.17) is 0 Å². The Balaban J connectivity index is 1.63. The number of piperazine rings is 1. The highest BCUT2D eigenvalue weighted by Gasteiger charge is 2.39. The van der Waals surface area contributed by atoms with E-state index in [9.17, 15) is 23.1 Å². The number of amides is 1. The lowest BCUT2D eigenvalue weighted by Crippen LogP contribution is -2.61. The van der Waals surface area contributed by atoms with Crippen LogP contribution in [0.15, 0.2) is 61.2 Å². The second-order valence-electron chi connectivity index (χ2n) is 10.4. The van der Waals surface area contributed by atoms with Crippen molar-refractivity contribution in [1.29, 1.82) is 0 Å². The molecule has 1 aromatic carbocycles. The van der Waals surface area contributed by atoms with Crippen molar-refractivity contribution in [2.75, 3.05) is 18.0 Å². The lowest BCUT2D eigenvalue weighted by atomic mass is 10.0. The standard InChI is InChI=1S/C28H29F3N6O3/c1-17-14-36(26(38)27(3,4)39)18(2)13-35(17)24-23-21(19-8-6-5-7-9-19)15-37(25(23)34-16-33-24)22-12-20(10-11-32-22)40-28(29,30)31/h5-12,15-18,39H,13-14H2,1-4H3/t17-,18+/m0/s1. The molecule has 1 fully saturated rings.